The topological polar surface area (TPSA) is 126 Å². The van der Waals surface area contributed by atoms with Gasteiger partial charge in [0.05, 0.1) is 12.5 Å². The maximum absolute atomic E-state index is 13.2. The molecule has 3 N–H and O–H groups in total. The molecule has 3 atom stereocenters. The van der Waals surface area contributed by atoms with Crippen LogP contribution in [-0.4, -0.2) is 96.7 Å². The first-order chi connectivity index (χ1) is 16.8. The van der Waals surface area contributed by atoms with E-state index < -0.39 is 17.9 Å². The lowest BCUT2D eigenvalue weighted by Crippen LogP contribution is -2.46. The third-order valence-electron chi connectivity index (χ3n) is 7.03. The van der Waals surface area contributed by atoms with Gasteiger partial charge in [0.2, 0.25) is 18.6 Å². The van der Waals surface area contributed by atoms with Gasteiger partial charge in [0.15, 0.2) is 11.5 Å². The largest absolute Gasteiger partial charge is 0.481 e. The quantitative estimate of drug-likeness (QED) is 0.450. The van der Waals surface area contributed by atoms with Crippen LogP contribution in [0.4, 0.5) is 0 Å². The number of hydrogen-bond donors (Lipinski definition) is 2. The van der Waals surface area contributed by atoms with E-state index in [-0.39, 0.29) is 31.1 Å². The molecular formula is C25H38N4O6. The molecule has 0 spiro atoms. The van der Waals surface area contributed by atoms with Gasteiger partial charge in [-0.15, -0.1) is 0 Å². The van der Waals surface area contributed by atoms with Crippen molar-refractivity contribution in [3.8, 4) is 11.5 Å². The number of carboxylic acid groups (broad SMARTS) is 1. The van der Waals surface area contributed by atoms with Gasteiger partial charge < -0.3 is 30.1 Å². The Hall–Kier alpha value is -2.85. The average Bonchev–Trinajstić information content (AvgIpc) is 3.43. The average molecular weight is 491 g/mol. The summed E-state index contributed by atoms with van der Waals surface area (Å²) in [7, 11) is 1.70. The van der Waals surface area contributed by atoms with Crippen molar-refractivity contribution in [1.82, 2.24) is 14.7 Å². The van der Waals surface area contributed by atoms with E-state index in [1.807, 2.05) is 17.0 Å². The highest BCUT2D eigenvalue weighted by Gasteiger charge is 2.47. The molecular weight excluding hydrogens is 452 g/mol. The summed E-state index contributed by atoms with van der Waals surface area (Å²) >= 11 is 0. The van der Waals surface area contributed by atoms with E-state index in [0.29, 0.717) is 50.6 Å². The van der Waals surface area contributed by atoms with Gasteiger partial charge in [-0.2, -0.15) is 0 Å². The Labute approximate surface area is 206 Å². The van der Waals surface area contributed by atoms with Gasteiger partial charge in [0, 0.05) is 58.7 Å². The van der Waals surface area contributed by atoms with E-state index in [4.69, 9.17) is 15.2 Å². The van der Waals surface area contributed by atoms with Crippen LogP contribution in [0.3, 0.4) is 0 Å². The molecule has 2 amide bonds. The van der Waals surface area contributed by atoms with Crippen molar-refractivity contribution in [3.63, 3.8) is 0 Å². The van der Waals surface area contributed by atoms with Crippen LogP contribution in [0.15, 0.2) is 18.2 Å². The number of nitrogens with zero attached hydrogens (tertiary/aromatic N) is 3. The summed E-state index contributed by atoms with van der Waals surface area (Å²) in [5.74, 6) is -0.879. The standard InChI is InChI=1S/C25H38N4O6/c1-4-5-10-28(12-9-26)23(31)15-29-14-19(18-6-7-21-22(13-18)35-16-34-21)24(25(32)33)20(29)8-11-27(3)17(2)30/h6-7,13,19-20,24H,4-5,8-12,14-16,26H2,1-3H3,(H,32,33)/t19-,20+,24-/m1/s1. The molecule has 1 saturated heterocycles. The summed E-state index contributed by atoms with van der Waals surface area (Å²) < 4.78 is 10.9. The molecule has 0 saturated carbocycles. The third kappa shape index (κ3) is 6.43. The number of benzene rings is 1. The van der Waals surface area contributed by atoms with E-state index in [0.717, 1.165) is 18.4 Å². The summed E-state index contributed by atoms with van der Waals surface area (Å²) in [6, 6.07) is 5.12. The van der Waals surface area contributed by atoms with Crippen molar-refractivity contribution in [2.75, 3.05) is 53.1 Å². The van der Waals surface area contributed by atoms with Crippen LogP contribution in [-0.2, 0) is 14.4 Å². The second-order valence-electron chi connectivity index (χ2n) is 9.33. The number of fused-ring (bicyclic) bond motifs is 1. The number of rotatable bonds is 12. The van der Waals surface area contributed by atoms with Crippen LogP contribution in [0.2, 0.25) is 0 Å². The van der Waals surface area contributed by atoms with Gasteiger partial charge in [-0.05, 0) is 30.5 Å². The number of likely N-dealkylation sites (tertiary alicyclic amines) is 1. The normalized spacial score (nSPS) is 21.2. The zero-order valence-corrected chi connectivity index (χ0v) is 20.9. The van der Waals surface area contributed by atoms with Gasteiger partial charge in [-0.3, -0.25) is 19.3 Å². The first-order valence-electron chi connectivity index (χ1n) is 12.3. The molecule has 0 aromatic heterocycles. The predicted molar refractivity (Wildman–Crippen MR) is 130 cm³/mol. The molecule has 0 radical (unpaired) electrons. The molecule has 2 aliphatic heterocycles. The number of aliphatic carboxylic acids is 1. The maximum atomic E-state index is 13.2. The zero-order chi connectivity index (χ0) is 25.5. The number of unbranched alkanes of at least 4 members (excludes halogenated alkanes) is 1. The second kappa shape index (κ2) is 12.2. The van der Waals surface area contributed by atoms with E-state index >= 15 is 0 Å². The number of carbonyl (C=O) groups is 3. The minimum atomic E-state index is -0.914. The first-order valence-corrected chi connectivity index (χ1v) is 12.3. The predicted octanol–water partition coefficient (Wildman–Crippen LogP) is 1.34. The molecule has 10 heteroatoms. The Morgan fingerprint density at radius 3 is 2.57 bits per heavy atom. The fourth-order valence-electron chi connectivity index (χ4n) is 4.96. The van der Waals surface area contributed by atoms with Gasteiger partial charge in [-0.25, -0.2) is 0 Å². The molecule has 35 heavy (non-hydrogen) atoms. The molecule has 10 nitrogen and oxygen atoms in total. The summed E-state index contributed by atoms with van der Waals surface area (Å²) in [5.41, 5.74) is 6.58. The Morgan fingerprint density at radius 2 is 1.91 bits per heavy atom. The number of amides is 2. The lowest BCUT2D eigenvalue weighted by molar-refractivity contribution is -0.144. The highest BCUT2D eigenvalue weighted by Crippen LogP contribution is 2.42. The molecule has 1 fully saturated rings. The van der Waals surface area contributed by atoms with E-state index in [2.05, 4.69) is 6.92 Å². The third-order valence-corrected chi connectivity index (χ3v) is 7.03. The maximum Gasteiger partial charge on any atom is 0.308 e. The van der Waals surface area contributed by atoms with Crippen molar-refractivity contribution in [3.05, 3.63) is 23.8 Å². The van der Waals surface area contributed by atoms with E-state index in [1.54, 1.807) is 22.9 Å². The fourth-order valence-corrected chi connectivity index (χ4v) is 4.96. The SMILES string of the molecule is CCCCN(CCN)C(=O)CN1C[C@H](c2ccc3c(c2)OCO3)[C@@H](C(=O)O)[C@@H]1CCN(C)C(C)=O. The Balaban J connectivity index is 1.87. The number of carboxylic acids is 1. The monoisotopic (exact) mass is 490 g/mol. The number of ether oxygens (including phenoxy) is 2. The van der Waals surface area contributed by atoms with Gasteiger partial charge >= 0.3 is 5.97 Å². The Kier molecular flexibility index (Phi) is 9.33. The second-order valence-corrected chi connectivity index (χ2v) is 9.33. The number of carbonyl (C=O) groups excluding carboxylic acids is 2. The van der Waals surface area contributed by atoms with Crippen LogP contribution in [0.25, 0.3) is 0 Å². The van der Waals surface area contributed by atoms with Crippen molar-refractivity contribution in [2.24, 2.45) is 11.7 Å². The summed E-state index contributed by atoms with van der Waals surface area (Å²) in [4.78, 5) is 42.9. The zero-order valence-electron chi connectivity index (χ0n) is 20.9. The highest BCUT2D eigenvalue weighted by atomic mass is 16.7. The summed E-state index contributed by atoms with van der Waals surface area (Å²) in [6.07, 6.45) is 2.30. The summed E-state index contributed by atoms with van der Waals surface area (Å²) in [6.45, 7) is 6.11. The molecule has 2 aliphatic rings. The Morgan fingerprint density at radius 1 is 1.17 bits per heavy atom. The first kappa shape index (κ1) is 26.7. The van der Waals surface area contributed by atoms with Gasteiger partial charge in [0.25, 0.3) is 0 Å². The molecule has 0 aliphatic carbocycles. The van der Waals surface area contributed by atoms with Crippen molar-refractivity contribution >= 4 is 17.8 Å². The minimum absolute atomic E-state index is 0.0516. The van der Waals surface area contributed by atoms with Gasteiger partial charge in [0.1, 0.15) is 0 Å². The van der Waals surface area contributed by atoms with E-state index in [9.17, 15) is 19.5 Å². The van der Waals surface area contributed by atoms with E-state index in [1.165, 1.54) is 6.92 Å². The van der Waals surface area contributed by atoms with Crippen LogP contribution < -0.4 is 15.2 Å². The Bertz CT molecular complexity index is 910. The molecule has 0 bridgehead atoms. The molecule has 2 heterocycles. The molecule has 0 unspecified atom stereocenters. The van der Waals surface area contributed by atoms with Crippen molar-refractivity contribution in [2.45, 2.75) is 45.1 Å². The van der Waals surface area contributed by atoms with Crippen LogP contribution in [0.5, 0.6) is 11.5 Å². The number of hydrogen-bond acceptors (Lipinski definition) is 7. The molecule has 194 valence electrons. The van der Waals surface area contributed by atoms with Crippen LogP contribution in [0.1, 0.15) is 44.6 Å². The van der Waals surface area contributed by atoms with Crippen LogP contribution >= 0.6 is 0 Å². The smallest absolute Gasteiger partial charge is 0.308 e. The van der Waals surface area contributed by atoms with Crippen LogP contribution in [0, 0.1) is 5.92 Å². The fraction of sp³-hybridized carbons (Fsp3) is 0.640. The highest BCUT2D eigenvalue weighted by molar-refractivity contribution is 5.79. The molecule has 1 aromatic carbocycles. The van der Waals surface area contributed by atoms with Crippen molar-refractivity contribution < 1.29 is 29.0 Å². The number of nitrogens with two attached hydrogens (primary N) is 1. The van der Waals surface area contributed by atoms with Crippen molar-refractivity contribution in [1.29, 1.82) is 0 Å². The molecule has 3 rings (SSSR count). The summed E-state index contributed by atoms with van der Waals surface area (Å²) in [5, 5.41) is 10.3. The lowest BCUT2D eigenvalue weighted by atomic mass is 9.84. The minimum Gasteiger partial charge on any atom is -0.481 e. The van der Waals surface area contributed by atoms with Gasteiger partial charge in [-0.1, -0.05) is 19.4 Å². The molecule has 1 aromatic rings. The lowest BCUT2D eigenvalue weighted by Gasteiger charge is -2.30.